The summed E-state index contributed by atoms with van der Waals surface area (Å²) in [5, 5.41) is 4.00. The van der Waals surface area contributed by atoms with Crippen molar-refractivity contribution in [2.24, 2.45) is 0 Å². The van der Waals surface area contributed by atoms with Gasteiger partial charge in [0.25, 0.3) is 0 Å². The molecule has 134 valence electrons. The molecule has 1 saturated heterocycles. The van der Waals surface area contributed by atoms with Crippen molar-refractivity contribution >= 4 is 16.9 Å². The maximum absolute atomic E-state index is 13.7. The molecule has 8 heteroatoms. The lowest BCUT2D eigenvalue weighted by Crippen LogP contribution is -2.28. The molecule has 0 aliphatic carbocycles. The molecule has 3 heterocycles. The van der Waals surface area contributed by atoms with Gasteiger partial charge in [0.05, 0.1) is 11.7 Å². The van der Waals surface area contributed by atoms with E-state index < -0.39 is 11.6 Å². The molecule has 1 aromatic carbocycles. The molecular formula is C18H16F2N4O2. The molecule has 6 nitrogen and oxygen atoms in total. The summed E-state index contributed by atoms with van der Waals surface area (Å²) in [5.74, 6) is -0.850. The van der Waals surface area contributed by atoms with E-state index in [1.807, 2.05) is 0 Å². The average Bonchev–Trinajstić information content (AvgIpc) is 2.65. The van der Waals surface area contributed by atoms with Crippen LogP contribution in [0.5, 0.6) is 11.6 Å². The molecule has 26 heavy (non-hydrogen) atoms. The van der Waals surface area contributed by atoms with Crippen LogP contribution in [0.1, 0.15) is 12.8 Å². The highest BCUT2D eigenvalue weighted by Gasteiger charge is 2.15. The second kappa shape index (κ2) is 7.17. The number of hydrogen-bond acceptors (Lipinski definition) is 6. The molecule has 0 spiro atoms. The molecule has 3 aromatic rings. The third-order valence-corrected chi connectivity index (χ3v) is 4.10. The smallest absolute Gasteiger partial charge is 0.223 e. The molecular weight excluding hydrogens is 342 g/mol. The minimum atomic E-state index is -0.792. The number of hydrogen-bond donors (Lipinski definition) is 1. The summed E-state index contributed by atoms with van der Waals surface area (Å²) in [6, 6.07) is 4.99. The minimum Gasteiger partial charge on any atom is -0.436 e. The van der Waals surface area contributed by atoms with Crippen molar-refractivity contribution in [2.75, 3.05) is 18.5 Å². The number of nitrogens with zero attached hydrogens (tertiary/aromatic N) is 3. The van der Waals surface area contributed by atoms with Crippen LogP contribution < -0.4 is 10.1 Å². The number of nitrogens with one attached hydrogen (secondary N) is 1. The summed E-state index contributed by atoms with van der Waals surface area (Å²) >= 11 is 0. The zero-order chi connectivity index (χ0) is 17.9. The van der Waals surface area contributed by atoms with E-state index in [9.17, 15) is 8.78 Å². The summed E-state index contributed by atoms with van der Waals surface area (Å²) in [6.07, 6.45) is 5.01. The minimum absolute atomic E-state index is 0.100. The lowest BCUT2D eigenvalue weighted by molar-refractivity contribution is 0.0903. The first-order chi connectivity index (χ1) is 12.7. The van der Waals surface area contributed by atoms with Crippen LogP contribution in [0.15, 0.2) is 36.7 Å². The van der Waals surface area contributed by atoms with Crippen molar-refractivity contribution < 1.29 is 18.3 Å². The van der Waals surface area contributed by atoms with Crippen LogP contribution in [0, 0.1) is 11.6 Å². The molecule has 0 bridgehead atoms. The van der Waals surface area contributed by atoms with Gasteiger partial charge in [-0.25, -0.2) is 23.7 Å². The van der Waals surface area contributed by atoms with Crippen molar-refractivity contribution in [1.29, 1.82) is 0 Å². The van der Waals surface area contributed by atoms with Crippen LogP contribution in [0.25, 0.3) is 10.9 Å². The first kappa shape index (κ1) is 16.6. The number of aromatic nitrogens is 3. The number of fused-ring (bicyclic) bond motifs is 1. The zero-order valence-corrected chi connectivity index (χ0v) is 13.8. The van der Waals surface area contributed by atoms with Crippen LogP contribution in [-0.4, -0.2) is 34.2 Å². The predicted octanol–water partition coefficient (Wildman–Crippen LogP) is 3.69. The van der Waals surface area contributed by atoms with E-state index in [-0.39, 0.29) is 11.6 Å². The van der Waals surface area contributed by atoms with Gasteiger partial charge in [0.15, 0.2) is 11.6 Å². The Morgan fingerprint density at radius 1 is 1.08 bits per heavy atom. The first-order valence-corrected chi connectivity index (χ1v) is 8.27. The molecule has 2 aromatic heterocycles. The topological polar surface area (TPSA) is 69.2 Å². The number of rotatable bonds is 4. The second-order valence-electron chi connectivity index (χ2n) is 5.98. The number of pyridine rings is 1. The van der Waals surface area contributed by atoms with Gasteiger partial charge in [-0.05, 0) is 25.0 Å². The monoisotopic (exact) mass is 358 g/mol. The van der Waals surface area contributed by atoms with Gasteiger partial charge in [0.1, 0.15) is 5.82 Å². The van der Waals surface area contributed by atoms with E-state index in [0.29, 0.717) is 22.9 Å². The van der Waals surface area contributed by atoms with Gasteiger partial charge in [-0.15, -0.1) is 0 Å². The van der Waals surface area contributed by atoms with E-state index in [4.69, 9.17) is 9.47 Å². The second-order valence-corrected chi connectivity index (χ2v) is 5.98. The number of benzene rings is 1. The molecule has 0 saturated carbocycles. The highest BCUT2D eigenvalue weighted by Crippen LogP contribution is 2.25. The van der Waals surface area contributed by atoms with Crippen LogP contribution in [-0.2, 0) is 4.74 Å². The maximum Gasteiger partial charge on any atom is 0.223 e. The van der Waals surface area contributed by atoms with Crippen molar-refractivity contribution in [1.82, 2.24) is 15.0 Å². The van der Waals surface area contributed by atoms with E-state index in [2.05, 4.69) is 20.3 Å². The van der Waals surface area contributed by atoms with E-state index in [0.717, 1.165) is 38.2 Å². The Labute approximate surface area is 148 Å². The maximum atomic E-state index is 13.7. The molecule has 0 atom stereocenters. The number of anilines is 1. The van der Waals surface area contributed by atoms with Crippen molar-refractivity contribution in [3.05, 3.63) is 48.3 Å². The SMILES string of the molecule is Fc1ccc(Oc2cc3cnc(NC4CCOCC4)nc3cn2)c(F)c1. The van der Waals surface area contributed by atoms with Gasteiger partial charge in [-0.1, -0.05) is 0 Å². The highest BCUT2D eigenvalue weighted by molar-refractivity contribution is 5.78. The Balaban J connectivity index is 1.53. The first-order valence-electron chi connectivity index (χ1n) is 8.27. The zero-order valence-electron chi connectivity index (χ0n) is 13.8. The lowest BCUT2D eigenvalue weighted by Gasteiger charge is -2.23. The summed E-state index contributed by atoms with van der Waals surface area (Å²) in [6.45, 7) is 1.46. The Morgan fingerprint density at radius 2 is 1.92 bits per heavy atom. The fraction of sp³-hybridized carbons (Fsp3) is 0.278. The van der Waals surface area contributed by atoms with E-state index in [1.54, 1.807) is 12.3 Å². The molecule has 0 radical (unpaired) electrons. The summed E-state index contributed by atoms with van der Waals surface area (Å²) in [4.78, 5) is 12.9. The highest BCUT2D eigenvalue weighted by atomic mass is 19.1. The number of halogens is 2. The van der Waals surface area contributed by atoms with Gasteiger partial charge in [-0.2, -0.15) is 0 Å². The van der Waals surface area contributed by atoms with Crippen LogP contribution >= 0.6 is 0 Å². The van der Waals surface area contributed by atoms with Crippen LogP contribution in [0.3, 0.4) is 0 Å². The molecule has 1 fully saturated rings. The van der Waals surface area contributed by atoms with Gasteiger partial charge in [0, 0.05) is 43.0 Å². The van der Waals surface area contributed by atoms with Crippen molar-refractivity contribution in [2.45, 2.75) is 18.9 Å². The van der Waals surface area contributed by atoms with Gasteiger partial charge in [-0.3, -0.25) is 0 Å². The molecule has 1 aliphatic rings. The molecule has 0 amide bonds. The predicted molar refractivity (Wildman–Crippen MR) is 91.2 cm³/mol. The Kier molecular flexibility index (Phi) is 4.57. The van der Waals surface area contributed by atoms with Gasteiger partial charge in [0.2, 0.25) is 11.8 Å². The van der Waals surface area contributed by atoms with Crippen LogP contribution in [0.2, 0.25) is 0 Å². The Morgan fingerprint density at radius 3 is 2.73 bits per heavy atom. The van der Waals surface area contributed by atoms with Gasteiger partial charge >= 0.3 is 0 Å². The van der Waals surface area contributed by atoms with E-state index >= 15 is 0 Å². The normalized spacial score (nSPS) is 15.2. The van der Waals surface area contributed by atoms with Crippen molar-refractivity contribution in [3.8, 4) is 11.6 Å². The fourth-order valence-electron chi connectivity index (χ4n) is 2.73. The third kappa shape index (κ3) is 3.70. The van der Waals surface area contributed by atoms with Crippen molar-refractivity contribution in [3.63, 3.8) is 0 Å². The summed E-state index contributed by atoms with van der Waals surface area (Å²) in [7, 11) is 0. The number of ether oxygens (including phenoxy) is 2. The standard InChI is InChI=1S/C18H16F2N4O2/c19-12-1-2-16(14(20)8-12)26-17-7-11-9-22-18(24-15(11)10-21-17)23-13-3-5-25-6-4-13/h1-2,7-10,13H,3-6H2,(H,22,23,24). The summed E-state index contributed by atoms with van der Waals surface area (Å²) < 4.78 is 37.4. The summed E-state index contributed by atoms with van der Waals surface area (Å²) in [5.41, 5.74) is 0.640. The molecule has 0 unspecified atom stereocenters. The molecule has 1 N–H and O–H groups in total. The molecule has 4 rings (SSSR count). The molecule has 1 aliphatic heterocycles. The van der Waals surface area contributed by atoms with Crippen LogP contribution in [0.4, 0.5) is 14.7 Å². The Hall–Kier alpha value is -2.87. The largest absolute Gasteiger partial charge is 0.436 e. The Bertz CT molecular complexity index is 932. The van der Waals surface area contributed by atoms with Gasteiger partial charge < -0.3 is 14.8 Å². The average molecular weight is 358 g/mol. The van der Waals surface area contributed by atoms with E-state index in [1.165, 1.54) is 12.3 Å². The lowest BCUT2D eigenvalue weighted by atomic mass is 10.1. The quantitative estimate of drug-likeness (QED) is 0.767. The third-order valence-electron chi connectivity index (χ3n) is 4.10. The fourth-order valence-corrected chi connectivity index (χ4v) is 2.73.